The molecule has 0 aliphatic heterocycles. The molecule has 0 radical (unpaired) electrons. The third-order valence-corrected chi connectivity index (χ3v) is 4.46. The normalized spacial score (nSPS) is 10.1. The van der Waals surface area contributed by atoms with E-state index in [1.54, 1.807) is 30.3 Å². The average molecular weight is 494 g/mol. The van der Waals surface area contributed by atoms with Gasteiger partial charge in [0, 0.05) is 61.9 Å². The minimum Gasteiger partial charge on any atom is -0.383 e. The monoisotopic (exact) mass is 492 g/mol. The molecule has 0 aliphatic rings. The highest BCUT2D eigenvalue weighted by Crippen LogP contribution is 2.29. The van der Waals surface area contributed by atoms with Crippen molar-refractivity contribution in [2.75, 3.05) is 44.6 Å². The Labute approximate surface area is 197 Å². The van der Waals surface area contributed by atoms with E-state index in [1.165, 1.54) is 6.07 Å². The van der Waals surface area contributed by atoms with Crippen molar-refractivity contribution in [1.29, 1.82) is 0 Å². The molecule has 1 aromatic heterocycles. The third kappa shape index (κ3) is 6.93. The predicted octanol–water partition coefficient (Wildman–Crippen LogP) is 2.40. The van der Waals surface area contributed by atoms with E-state index in [1.807, 2.05) is 0 Å². The molecule has 0 bridgehead atoms. The highest BCUT2D eigenvalue weighted by atomic mass is 35.5. The van der Waals surface area contributed by atoms with Crippen molar-refractivity contribution >= 4 is 70.4 Å². The molecule has 2 aromatic carbocycles. The number of hydrogen-bond acceptors (Lipinski definition) is 7. The van der Waals surface area contributed by atoms with Crippen LogP contribution in [0.5, 0.6) is 0 Å². The topological polar surface area (TPSA) is 138 Å². The van der Waals surface area contributed by atoms with Gasteiger partial charge < -0.3 is 26.7 Å². The van der Waals surface area contributed by atoms with Gasteiger partial charge in [-0.05, 0) is 18.2 Å². The fourth-order valence-corrected chi connectivity index (χ4v) is 3.13. The maximum absolute atomic E-state index is 13.0. The number of nitrogens with two attached hydrogens (primary N) is 1. The zero-order chi connectivity index (χ0) is 19.9. The number of H-pyrrole nitrogens is 1. The number of rotatable bonds is 10. The Kier molecular flexibility index (Phi) is 13.1. The fraction of sp³-hybridized carbons (Fsp3) is 0.316. The van der Waals surface area contributed by atoms with Crippen LogP contribution in [0.1, 0.15) is 0 Å². The Bertz CT molecular complexity index is 1050. The van der Waals surface area contributed by atoms with Crippen LogP contribution in [0.4, 0.5) is 11.4 Å². The van der Waals surface area contributed by atoms with Crippen molar-refractivity contribution in [2.45, 2.75) is 0 Å². The fourth-order valence-electron chi connectivity index (χ4n) is 3.13. The first-order chi connectivity index (χ1) is 13.6. The van der Waals surface area contributed by atoms with Gasteiger partial charge in [-0.2, -0.15) is 0 Å². The van der Waals surface area contributed by atoms with E-state index in [-0.39, 0.29) is 53.9 Å². The average Bonchev–Trinajstić information content (AvgIpc) is 2.69. The second-order valence-corrected chi connectivity index (χ2v) is 6.35. The zero-order valence-corrected chi connectivity index (χ0v) is 19.1. The van der Waals surface area contributed by atoms with Crippen LogP contribution in [0.3, 0.4) is 0 Å². The van der Waals surface area contributed by atoms with Crippen molar-refractivity contribution in [2.24, 2.45) is 5.73 Å². The molecule has 3 rings (SSSR count). The van der Waals surface area contributed by atoms with Gasteiger partial charge in [-0.15, -0.1) is 37.2 Å². The molecular formula is C19H27Cl3N6O3. The second-order valence-electron chi connectivity index (χ2n) is 6.35. The summed E-state index contributed by atoms with van der Waals surface area (Å²) in [5.41, 5.74) is 6.46. The summed E-state index contributed by atoms with van der Waals surface area (Å²) in [4.78, 5) is 27.0. The van der Waals surface area contributed by atoms with Crippen molar-refractivity contribution < 1.29 is 4.92 Å². The lowest BCUT2D eigenvalue weighted by Crippen LogP contribution is -2.32. The summed E-state index contributed by atoms with van der Waals surface area (Å²) in [5.74, 6) is 0. The second kappa shape index (κ2) is 14.0. The molecule has 0 aliphatic carbocycles. The maximum Gasteiger partial charge on any atom is 0.293 e. The lowest BCUT2D eigenvalue weighted by Gasteiger charge is -2.12. The van der Waals surface area contributed by atoms with Gasteiger partial charge in [0.1, 0.15) is 5.52 Å². The minimum absolute atomic E-state index is 0. The van der Waals surface area contributed by atoms with Crippen LogP contribution >= 0.6 is 37.2 Å². The van der Waals surface area contributed by atoms with Crippen molar-refractivity contribution in [3.05, 3.63) is 56.7 Å². The van der Waals surface area contributed by atoms with E-state index >= 15 is 0 Å². The Morgan fingerprint density at radius 1 is 0.935 bits per heavy atom. The van der Waals surface area contributed by atoms with E-state index < -0.39 is 4.92 Å². The van der Waals surface area contributed by atoms with Crippen LogP contribution in [-0.2, 0) is 0 Å². The summed E-state index contributed by atoms with van der Waals surface area (Å²) >= 11 is 0. The van der Waals surface area contributed by atoms with E-state index in [4.69, 9.17) is 5.73 Å². The molecule has 0 amide bonds. The van der Waals surface area contributed by atoms with Gasteiger partial charge in [0.2, 0.25) is 0 Å². The smallest absolute Gasteiger partial charge is 0.293 e. The van der Waals surface area contributed by atoms with Gasteiger partial charge in [-0.25, -0.2) is 0 Å². The summed E-state index contributed by atoms with van der Waals surface area (Å²) < 4.78 is 0. The Hall–Kier alpha value is -2.14. The molecule has 0 atom stereocenters. The van der Waals surface area contributed by atoms with Crippen LogP contribution in [0.15, 0.2) is 41.2 Å². The van der Waals surface area contributed by atoms with Crippen LogP contribution in [0.2, 0.25) is 0 Å². The molecule has 0 spiro atoms. The number of anilines is 1. The van der Waals surface area contributed by atoms with Gasteiger partial charge in [-0.1, -0.05) is 12.1 Å². The number of hydrogen-bond donors (Lipinski definition) is 5. The Morgan fingerprint density at radius 3 is 2.26 bits per heavy atom. The summed E-state index contributed by atoms with van der Waals surface area (Å²) in [6, 6.07) is 10.0. The van der Waals surface area contributed by atoms with Gasteiger partial charge in [-0.3, -0.25) is 14.9 Å². The van der Waals surface area contributed by atoms with Crippen molar-refractivity contribution in [3.8, 4) is 0 Å². The molecule has 31 heavy (non-hydrogen) atoms. The molecule has 0 fully saturated rings. The van der Waals surface area contributed by atoms with Gasteiger partial charge in [0.25, 0.3) is 5.69 Å². The number of nitro groups is 1. The summed E-state index contributed by atoms with van der Waals surface area (Å²) in [6.07, 6.45) is 0. The van der Waals surface area contributed by atoms with Crippen LogP contribution in [0, 0.1) is 10.1 Å². The Morgan fingerprint density at radius 2 is 1.58 bits per heavy atom. The van der Waals surface area contributed by atoms with Gasteiger partial charge in [0.15, 0.2) is 5.43 Å². The molecule has 9 nitrogen and oxygen atoms in total. The number of nitro benzene ring substituents is 1. The molecule has 0 saturated heterocycles. The van der Waals surface area contributed by atoms with Crippen LogP contribution in [0.25, 0.3) is 21.8 Å². The zero-order valence-electron chi connectivity index (χ0n) is 16.7. The van der Waals surface area contributed by atoms with E-state index in [2.05, 4.69) is 20.9 Å². The van der Waals surface area contributed by atoms with E-state index in [0.717, 1.165) is 19.6 Å². The number of non-ortho nitro benzene ring substituents is 1. The number of aromatic amines is 1. The largest absolute Gasteiger partial charge is 0.383 e. The van der Waals surface area contributed by atoms with E-state index in [9.17, 15) is 14.9 Å². The quantitative estimate of drug-likeness (QED) is 0.126. The molecule has 6 N–H and O–H groups in total. The van der Waals surface area contributed by atoms with Gasteiger partial charge in [0.05, 0.1) is 10.3 Å². The lowest BCUT2D eigenvalue weighted by molar-refractivity contribution is -0.383. The summed E-state index contributed by atoms with van der Waals surface area (Å²) in [7, 11) is 0. The molecule has 1 heterocycles. The van der Waals surface area contributed by atoms with E-state index in [0.29, 0.717) is 41.6 Å². The number of nitrogens with zero attached hydrogens (tertiary/aromatic N) is 1. The number of para-hydroxylation sites is 1. The summed E-state index contributed by atoms with van der Waals surface area (Å²) in [5, 5.41) is 21.9. The number of fused-ring (bicyclic) bond motifs is 2. The number of benzene rings is 2. The molecule has 172 valence electrons. The standard InChI is InChI=1S/C19H24N6O3.3ClH/c20-7-8-21-9-10-22-11-12-23-15-5-6-16(25(27)28)18-17(15)19(26)13-3-1-2-4-14(13)24-18;;;/h1-6,21-23H,7-12,20H2,(H,24,26);3*1H. The number of halogens is 3. The third-order valence-electron chi connectivity index (χ3n) is 4.46. The maximum atomic E-state index is 13.0. The van der Waals surface area contributed by atoms with Crippen molar-refractivity contribution in [1.82, 2.24) is 15.6 Å². The minimum atomic E-state index is -0.479. The molecule has 0 saturated carbocycles. The molecule has 0 unspecified atom stereocenters. The van der Waals surface area contributed by atoms with Crippen LogP contribution in [-0.4, -0.2) is 49.2 Å². The SMILES string of the molecule is Cl.Cl.Cl.NCCNCCNCCNc1ccc([N+](=O)[O-])c2[nH]c3ccccc3c(=O)c12. The highest BCUT2D eigenvalue weighted by Gasteiger charge is 2.19. The molecule has 12 heteroatoms. The van der Waals surface area contributed by atoms with Gasteiger partial charge >= 0.3 is 0 Å². The lowest BCUT2D eigenvalue weighted by atomic mass is 10.1. The molecule has 3 aromatic rings. The Balaban J connectivity index is 0.00000300. The number of nitrogens with one attached hydrogen (secondary N) is 4. The van der Waals surface area contributed by atoms with Crippen molar-refractivity contribution in [3.63, 3.8) is 0 Å². The van der Waals surface area contributed by atoms with Crippen LogP contribution < -0.4 is 27.1 Å². The first kappa shape index (κ1) is 28.9. The summed E-state index contributed by atoms with van der Waals surface area (Å²) in [6.45, 7) is 4.28. The number of aromatic nitrogens is 1. The first-order valence-corrected chi connectivity index (χ1v) is 9.21. The highest BCUT2D eigenvalue weighted by molar-refractivity contribution is 6.03. The number of pyridine rings is 1. The predicted molar refractivity (Wildman–Crippen MR) is 134 cm³/mol. The first-order valence-electron chi connectivity index (χ1n) is 9.21. The molecular weight excluding hydrogens is 467 g/mol.